The molecule has 0 aromatic heterocycles. The number of halogens is 4. The number of ether oxygens (including phenoxy) is 1. The molecule has 2 N–H and O–H groups in total. The van der Waals surface area contributed by atoms with Gasteiger partial charge in [-0.1, -0.05) is 11.6 Å². The van der Waals surface area contributed by atoms with Gasteiger partial charge in [0.1, 0.15) is 10.8 Å². The molecule has 0 saturated carbocycles. The van der Waals surface area contributed by atoms with Crippen LogP contribution in [0.5, 0.6) is 5.75 Å². The fourth-order valence-electron chi connectivity index (χ4n) is 2.70. The molecular weight excluding hydrogens is 509 g/mol. The lowest BCUT2D eigenvalue weighted by atomic mass is 9.93. The second kappa shape index (κ2) is 9.85. The highest BCUT2D eigenvalue weighted by molar-refractivity contribution is 7.92. The van der Waals surface area contributed by atoms with E-state index in [1.165, 1.54) is 13.8 Å². The number of anilines is 1. The molecule has 0 aliphatic carbocycles. The van der Waals surface area contributed by atoms with Gasteiger partial charge in [-0.15, -0.1) is 0 Å². The standard InChI is InChI=1S/C19H16ClF3N2O8S/c1-9(2)33-18(28)16(17(27)19(21,22)23)12-7-10(3-6-15(12)26)24-34(31,32)11-4-5-13(20)14(8-11)25(29)30/h3-9,16,24,26H,1-2H3. The first-order chi connectivity index (χ1) is 15.5. The lowest BCUT2D eigenvalue weighted by Crippen LogP contribution is -2.35. The average molecular weight is 525 g/mol. The van der Waals surface area contributed by atoms with Gasteiger partial charge < -0.3 is 9.84 Å². The van der Waals surface area contributed by atoms with Gasteiger partial charge in [0.2, 0.25) is 0 Å². The van der Waals surface area contributed by atoms with Crippen molar-refractivity contribution in [2.24, 2.45) is 0 Å². The highest BCUT2D eigenvalue weighted by Crippen LogP contribution is 2.36. The summed E-state index contributed by atoms with van der Waals surface area (Å²) in [5, 5.41) is 20.7. The number of nitro benzene ring substituents is 1. The summed E-state index contributed by atoms with van der Waals surface area (Å²) in [6, 6.07) is 4.89. The number of rotatable bonds is 8. The van der Waals surface area contributed by atoms with Crippen LogP contribution in [0.3, 0.4) is 0 Å². The molecule has 0 aliphatic rings. The molecule has 34 heavy (non-hydrogen) atoms. The zero-order valence-electron chi connectivity index (χ0n) is 17.3. The first-order valence-corrected chi connectivity index (χ1v) is 11.0. The van der Waals surface area contributed by atoms with Gasteiger partial charge in [-0.05, 0) is 44.2 Å². The molecule has 15 heteroatoms. The van der Waals surface area contributed by atoms with Crippen molar-refractivity contribution in [3.63, 3.8) is 0 Å². The summed E-state index contributed by atoms with van der Waals surface area (Å²) in [5.74, 6) is -7.69. The SMILES string of the molecule is CC(C)OC(=O)C(C(=O)C(F)(F)F)c1cc(NS(=O)(=O)c2ccc(Cl)c([N+](=O)[O-])c2)ccc1O. The van der Waals surface area contributed by atoms with Crippen LogP contribution in [0, 0.1) is 10.1 Å². The predicted molar refractivity (Wildman–Crippen MR) is 112 cm³/mol. The van der Waals surface area contributed by atoms with E-state index in [2.05, 4.69) is 0 Å². The molecule has 0 bridgehead atoms. The van der Waals surface area contributed by atoms with E-state index in [-0.39, 0.29) is 5.02 Å². The lowest BCUT2D eigenvalue weighted by molar-refractivity contribution is -0.384. The Morgan fingerprint density at radius 1 is 1.18 bits per heavy atom. The molecule has 0 radical (unpaired) electrons. The number of carbonyl (C=O) groups is 2. The summed E-state index contributed by atoms with van der Waals surface area (Å²) in [5.41, 5.74) is -2.04. The third kappa shape index (κ3) is 6.14. The fraction of sp³-hybridized carbons (Fsp3) is 0.263. The number of nitro groups is 1. The summed E-state index contributed by atoms with van der Waals surface area (Å²) in [6.07, 6.45) is -6.38. The number of carbonyl (C=O) groups excluding carboxylic acids is 2. The monoisotopic (exact) mass is 524 g/mol. The summed E-state index contributed by atoms with van der Waals surface area (Å²) in [7, 11) is -4.55. The van der Waals surface area contributed by atoms with Crippen LogP contribution in [0.25, 0.3) is 0 Å². The van der Waals surface area contributed by atoms with Gasteiger partial charge in [-0.3, -0.25) is 24.4 Å². The van der Waals surface area contributed by atoms with Crippen molar-refractivity contribution in [1.29, 1.82) is 0 Å². The largest absolute Gasteiger partial charge is 0.508 e. The summed E-state index contributed by atoms with van der Waals surface area (Å²) in [4.78, 5) is 33.7. The van der Waals surface area contributed by atoms with E-state index in [4.69, 9.17) is 16.3 Å². The lowest BCUT2D eigenvalue weighted by Gasteiger charge is -2.20. The summed E-state index contributed by atoms with van der Waals surface area (Å²) >= 11 is 5.65. The molecule has 0 spiro atoms. The van der Waals surface area contributed by atoms with Gasteiger partial charge >= 0.3 is 12.1 Å². The number of nitrogens with zero attached hydrogens (tertiary/aromatic N) is 1. The van der Waals surface area contributed by atoms with Crippen molar-refractivity contribution in [3.05, 3.63) is 57.1 Å². The van der Waals surface area contributed by atoms with Crippen molar-refractivity contribution in [2.75, 3.05) is 4.72 Å². The number of phenolic OH excluding ortho intramolecular Hbond substituents is 1. The average Bonchev–Trinajstić information content (AvgIpc) is 2.68. The molecule has 2 aromatic rings. The van der Waals surface area contributed by atoms with Gasteiger partial charge in [0, 0.05) is 17.3 Å². The van der Waals surface area contributed by atoms with Gasteiger partial charge in [0.15, 0.2) is 5.92 Å². The highest BCUT2D eigenvalue weighted by atomic mass is 35.5. The van der Waals surface area contributed by atoms with Crippen LogP contribution < -0.4 is 4.72 Å². The van der Waals surface area contributed by atoms with Gasteiger partial charge in [0.25, 0.3) is 21.5 Å². The van der Waals surface area contributed by atoms with Crippen molar-refractivity contribution in [1.82, 2.24) is 0 Å². The quantitative estimate of drug-likeness (QED) is 0.173. The van der Waals surface area contributed by atoms with Gasteiger partial charge in [0.05, 0.1) is 15.9 Å². The Kier molecular flexibility index (Phi) is 7.78. The van der Waals surface area contributed by atoms with Crippen molar-refractivity contribution in [2.45, 2.75) is 36.9 Å². The number of Topliss-reactive ketones (excluding diaryl/α,β-unsaturated/α-hetero) is 1. The third-order valence-electron chi connectivity index (χ3n) is 4.14. The van der Waals surface area contributed by atoms with Crippen LogP contribution in [0.1, 0.15) is 25.3 Å². The number of alkyl halides is 3. The van der Waals surface area contributed by atoms with Crippen molar-refractivity contribution < 1.29 is 45.9 Å². The van der Waals surface area contributed by atoms with Crippen LogP contribution in [0.2, 0.25) is 5.02 Å². The van der Waals surface area contributed by atoms with E-state index in [1.807, 2.05) is 4.72 Å². The van der Waals surface area contributed by atoms with Crippen molar-refractivity contribution in [3.8, 4) is 5.75 Å². The molecule has 0 fully saturated rings. The number of hydrogen-bond acceptors (Lipinski definition) is 8. The molecule has 10 nitrogen and oxygen atoms in total. The summed E-state index contributed by atoms with van der Waals surface area (Å²) < 4.78 is 71.3. The van der Waals surface area contributed by atoms with Crippen LogP contribution >= 0.6 is 11.6 Å². The van der Waals surface area contributed by atoms with E-state index < -0.39 is 72.5 Å². The second-order valence-electron chi connectivity index (χ2n) is 7.03. The minimum atomic E-state index is -5.48. The maximum absolute atomic E-state index is 13.1. The minimum absolute atomic E-state index is 0.340. The molecule has 1 unspecified atom stereocenters. The molecule has 184 valence electrons. The Balaban J connectivity index is 2.54. The number of phenols is 1. The zero-order chi connectivity index (χ0) is 26.0. The van der Waals surface area contributed by atoms with E-state index in [1.54, 1.807) is 0 Å². The van der Waals surface area contributed by atoms with Crippen LogP contribution in [-0.4, -0.2) is 42.5 Å². The maximum atomic E-state index is 13.1. The van der Waals surface area contributed by atoms with Crippen LogP contribution in [0.15, 0.2) is 41.3 Å². The molecule has 0 amide bonds. The molecule has 0 saturated heterocycles. The number of aromatic hydroxyl groups is 1. The minimum Gasteiger partial charge on any atom is -0.508 e. The number of ketones is 1. The van der Waals surface area contributed by atoms with Crippen LogP contribution in [0.4, 0.5) is 24.5 Å². The first-order valence-electron chi connectivity index (χ1n) is 9.15. The normalized spacial score (nSPS) is 12.8. The Labute approximate surface area is 195 Å². The number of sulfonamides is 1. The Morgan fingerprint density at radius 3 is 2.32 bits per heavy atom. The van der Waals surface area contributed by atoms with Gasteiger partial charge in [-0.25, -0.2) is 8.42 Å². The smallest absolute Gasteiger partial charge is 0.451 e. The number of esters is 1. The number of benzene rings is 2. The van der Waals surface area contributed by atoms with E-state index in [9.17, 15) is 46.4 Å². The maximum Gasteiger partial charge on any atom is 0.451 e. The third-order valence-corrected chi connectivity index (χ3v) is 5.84. The predicted octanol–water partition coefficient (Wildman–Crippen LogP) is 3.92. The van der Waals surface area contributed by atoms with Gasteiger partial charge in [-0.2, -0.15) is 13.2 Å². The Bertz CT molecular complexity index is 1250. The molecule has 2 aromatic carbocycles. The molecule has 1 atom stereocenters. The van der Waals surface area contributed by atoms with E-state index >= 15 is 0 Å². The second-order valence-corrected chi connectivity index (χ2v) is 9.12. The fourth-order valence-corrected chi connectivity index (χ4v) is 3.96. The molecule has 0 heterocycles. The number of hydrogen-bond donors (Lipinski definition) is 2. The molecule has 0 aliphatic heterocycles. The Morgan fingerprint density at radius 2 is 1.79 bits per heavy atom. The van der Waals surface area contributed by atoms with Crippen LogP contribution in [-0.2, 0) is 24.3 Å². The van der Waals surface area contributed by atoms with E-state index in [0.717, 1.165) is 24.3 Å². The van der Waals surface area contributed by atoms with Crippen molar-refractivity contribution >= 4 is 44.8 Å². The van der Waals surface area contributed by atoms with E-state index in [0.29, 0.717) is 12.1 Å². The highest BCUT2D eigenvalue weighted by Gasteiger charge is 2.48. The first kappa shape index (κ1) is 26.9. The molecular formula is C19H16ClF3N2O8S. The topological polar surface area (TPSA) is 153 Å². The number of nitrogens with one attached hydrogen (secondary N) is 1. The Hall–Kier alpha value is -3.39. The summed E-state index contributed by atoms with van der Waals surface area (Å²) in [6.45, 7) is 2.64. The molecule has 2 rings (SSSR count). The zero-order valence-corrected chi connectivity index (χ0v) is 18.9.